The van der Waals surface area contributed by atoms with Gasteiger partial charge < -0.3 is 25.3 Å². The van der Waals surface area contributed by atoms with Crippen LogP contribution in [0.2, 0.25) is 0 Å². The van der Waals surface area contributed by atoms with Gasteiger partial charge in [-0.1, -0.05) is 6.07 Å². The van der Waals surface area contributed by atoms with Gasteiger partial charge in [-0.25, -0.2) is 13.9 Å². The van der Waals surface area contributed by atoms with Crippen LogP contribution >= 0.6 is 0 Å². The highest BCUT2D eigenvalue weighted by Gasteiger charge is 2.40. The summed E-state index contributed by atoms with van der Waals surface area (Å²) in [7, 11) is 4.19. The number of aromatic nitrogens is 3. The normalized spacial score (nSPS) is 11.2. The Morgan fingerprint density at radius 3 is 2.12 bits per heavy atom. The first-order chi connectivity index (χ1) is 18.9. The number of aliphatic hydroxyl groups is 1. The number of rotatable bonds is 14. The number of benzene rings is 1. The van der Waals surface area contributed by atoms with Crippen LogP contribution in [-0.2, 0) is 27.5 Å². The molecule has 0 aliphatic carbocycles. The van der Waals surface area contributed by atoms with E-state index in [1.807, 2.05) is 30.7 Å². The predicted molar refractivity (Wildman–Crippen MR) is 142 cm³/mol. The minimum absolute atomic E-state index is 0.242. The summed E-state index contributed by atoms with van der Waals surface area (Å²) in [6, 6.07) is 12.4. The van der Waals surface area contributed by atoms with Gasteiger partial charge in [0.25, 0.3) is 0 Å². The van der Waals surface area contributed by atoms with Crippen LogP contribution in [0.5, 0.6) is 0 Å². The Morgan fingerprint density at radius 1 is 0.950 bits per heavy atom. The molecule has 2 aromatic heterocycles. The zero-order valence-corrected chi connectivity index (χ0v) is 22.4. The second-order valence-electron chi connectivity index (χ2n) is 9.44. The maximum atomic E-state index is 13.1. The molecule has 0 spiro atoms. The minimum atomic E-state index is -2.74. The molecule has 1 aromatic carbocycles. The highest BCUT2D eigenvalue weighted by Crippen LogP contribution is 2.16. The molecule has 0 atom stereocenters. The summed E-state index contributed by atoms with van der Waals surface area (Å²) >= 11 is 0. The number of carboxylic acids is 3. The lowest BCUT2D eigenvalue weighted by Gasteiger charge is -2.22. The number of pyridine rings is 1. The van der Waals surface area contributed by atoms with Gasteiger partial charge in [0.1, 0.15) is 5.82 Å². The number of halogens is 1. The van der Waals surface area contributed by atoms with Crippen molar-refractivity contribution in [2.75, 3.05) is 27.2 Å². The Morgan fingerprint density at radius 2 is 1.60 bits per heavy atom. The van der Waals surface area contributed by atoms with E-state index in [4.69, 9.17) is 20.4 Å². The molecular weight excluding hydrogens is 525 g/mol. The molecule has 0 aliphatic heterocycles. The standard InChI is InChI=1S/C21H26FN5.C6H8O7/c1-25(2)12-5-13-26(17-20-6-3-4-11-23-20)15-18-14-24-27(16-18)21-9-7-19(22)8-10-21;7-3(8)1-6(13,5(11)12)2-4(9)10/h3-4,6-11,14,16H,5,12-13,15,17H2,1-2H3;13H,1-2H2,(H,7,8)(H,9,10)(H,11,12). The number of carbonyl (C=O) groups is 3. The lowest BCUT2D eigenvalue weighted by Crippen LogP contribution is -2.42. The van der Waals surface area contributed by atoms with Crippen LogP contribution in [0.4, 0.5) is 4.39 Å². The Kier molecular flexibility index (Phi) is 12.3. The molecule has 3 rings (SSSR count). The largest absolute Gasteiger partial charge is 0.481 e. The predicted octanol–water partition coefficient (Wildman–Crippen LogP) is 2.11. The van der Waals surface area contributed by atoms with Crippen LogP contribution in [0.15, 0.2) is 61.1 Å². The fraction of sp³-hybridized carbons (Fsp3) is 0.370. The van der Waals surface area contributed by atoms with E-state index in [0.717, 1.165) is 49.5 Å². The average molecular weight is 560 g/mol. The van der Waals surface area contributed by atoms with Crippen molar-refractivity contribution in [3.63, 3.8) is 0 Å². The van der Waals surface area contributed by atoms with Crippen molar-refractivity contribution in [1.29, 1.82) is 0 Å². The Hall–Kier alpha value is -4.20. The summed E-state index contributed by atoms with van der Waals surface area (Å²) in [5, 5.41) is 38.2. The number of nitrogens with zero attached hydrogens (tertiary/aromatic N) is 5. The molecule has 3 aromatic rings. The molecule has 0 saturated heterocycles. The van der Waals surface area contributed by atoms with Crippen molar-refractivity contribution < 1.29 is 39.2 Å². The average Bonchev–Trinajstić information content (AvgIpc) is 3.32. The van der Waals surface area contributed by atoms with E-state index in [2.05, 4.69) is 40.0 Å². The van der Waals surface area contributed by atoms with Crippen molar-refractivity contribution in [1.82, 2.24) is 24.6 Å². The summed E-state index contributed by atoms with van der Waals surface area (Å²) in [6.45, 7) is 3.63. The first-order valence-corrected chi connectivity index (χ1v) is 12.3. The van der Waals surface area contributed by atoms with E-state index in [1.54, 1.807) is 16.8 Å². The third kappa shape index (κ3) is 11.3. The quantitative estimate of drug-likeness (QED) is 0.228. The first kappa shape index (κ1) is 32.0. The van der Waals surface area contributed by atoms with E-state index in [0.29, 0.717) is 0 Å². The number of aliphatic carboxylic acids is 3. The molecule has 216 valence electrons. The van der Waals surface area contributed by atoms with Crippen LogP contribution in [0.3, 0.4) is 0 Å². The third-order valence-corrected chi connectivity index (χ3v) is 5.61. The topological polar surface area (TPSA) is 169 Å². The summed E-state index contributed by atoms with van der Waals surface area (Å²) in [5.74, 6) is -5.26. The molecule has 0 bridgehead atoms. The summed E-state index contributed by atoms with van der Waals surface area (Å²) in [4.78, 5) is 39.5. The van der Waals surface area contributed by atoms with E-state index in [9.17, 15) is 18.8 Å². The van der Waals surface area contributed by atoms with Crippen LogP contribution in [0.25, 0.3) is 5.69 Å². The number of hydrogen-bond acceptors (Lipinski definition) is 8. The highest BCUT2D eigenvalue weighted by atomic mass is 19.1. The molecule has 0 aliphatic rings. The molecule has 0 fully saturated rings. The minimum Gasteiger partial charge on any atom is -0.481 e. The van der Waals surface area contributed by atoms with Crippen molar-refractivity contribution >= 4 is 17.9 Å². The highest BCUT2D eigenvalue weighted by molar-refractivity contribution is 5.88. The van der Waals surface area contributed by atoms with Gasteiger partial charge in [0, 0.05) is 37.6 Å². The second kappa shape index (κ2) is 15.4. The van der Waals surface area contributed by atoms with Crippen LogP contribution < -0.4 is 0 Å². The van der Waals surface area contributed by atoms with Crippen molar-refractivity contribution in [3.05, 3.63) is 78.1 Å². The SMILES string of the molecule is CN(C)CCCN(Cc1cnn(-c2ccc(F)cc2)c1)Cc1ccccn1.O=C(O)CC(O)(CC(=O)O)C(=O)O. The third-order valence-electron chi connectivity index (χ3n) is 5.61. The fourth-order valence-corrected chi connectivity index (χ4v) is 3.69. The molecular formula is C27H34FN5O7. The lowest BCUT2D eigenvalue weighted by molar-refractivity contribution is -0.170. The zero-order valence-electron chi connectivity index (χ0n) is 22.4. The van der Waals surface area contributed by atoms with Crippen molar-refractivity contribution in [2.45, 2.75) is 38.0 Å². The molecule has 13 heteroatoms. The first-order valence-electron chi connectivity index (χ1n) is 12.3. The van der Waals surface area contributed by atoms with Gasteiger partial charge in [-0.2, -0.15) is 5.10 Å². The van der Waals surface area contributed by atoms with Gasteiger partial charge in [-0.05, 0) is 63.5 Å². The van der Waals surface area contributed by atoms with Gasteiger partial charge in [0.05, 0.1) is 30.4 Å². The van der Waals surface area contributed by atoms with Crippen LogP contribution in [0.1, 0.15) is 30.5 Å². The fourth-order valence-electron chi connectivity index (χ4n) is 3.69. The molecule has 0 saturated carbocycles. The Bertz CT molecular complexity index is 1220. The van der Waals surface area contributed by atoms with E-state index >= 15 is 0 Å². The number of carboxylic acid groups (broad SMARTS) is 3. The molecule has 0 radical (unpaired) electrons. The van der Waals surface area contributed by atoms with E-state index < -0.39 is 36.4 Å². The summed E-state index contributed by atoms with van der Waals surface area (Å²) in [6.07, 6.45) is 4.51. The van der Waals surface area contributed by atoms with E-state index in [-0.39, 0.29) is 5.82 Å². The van der Waals surface area contributed by atoms with Gasteiger partial charge in [0.2, 0.25) is 0 Å². The molecule has 2 heterocycles. The maximum Gasteiger partial charge on any atom is 0.336 e. The zero-order chi connectivity index (χ0) is 29.7. The Balaban J connectivity index is 0.000000366. The summed E-state index contributed by atoms with van der Waals surface area (Å²) < 4.78 is 14.9. The van der Waals surface area contributed by atoms with Gasteiger partial charge >= 0.3 is 17.9 Å². The van der Waals surface area contributed by atoms with E-state index in [1.165, 1.54) is 12.1 Å². The van der Waals surface area contributed by atoms with Crippen molar-refractivity contribution in [3.8, 4) is 5.69 Å². The van der Waals surface area contributed by atoms with Crippen LogP contribution in [0, 0.1) is 5.82 Å². The maximum absolute atomic E-state index is 13.1. The van der Waals surface area contributed by atoms with Crippen LogP contribution in [-0.4, -0.2) is 95.7 Å². The van der Waals surface area contributed by atoms with Gasteiger partial charge in [-0.15, -0.1) is 0 Å². The monoisotopic (exact) mass is 559 g/mol. The lowest BCUT2D eigenvalue weighted by atomic mass is 9.96. The molecule has 0 amide bonds. The Labute approximate surface area is 230 Å². The molecule has 12 nitrogen and oxygen atoms in total. The molecule has 40 heavy (non-hydrogen) atoms. The number of hydrogen-bond donors (Lipinski definition) is 4. The molecule has 0 unspecified atom stereocenters. The van der Waals surface area contributed by atoms with Gasteiger partial charge in [-0.3, -0.25) is 19.5 Å². The second-order valence-corrected chi connectivity index (χ2v) is 9.44. The smallest absolute Gasteiger partial charge is 0.336 e. The molecule has 4 N–H and O–H groups in total. The van der Waals surface area contributed by atoms with Crippen molar-refractivity contribution in [2.24, 2.45) is 0 Å². The summed E-state index contributed by atoms with van der Waals surface area (Å²) in [5.41, 5.74) is 0.303. The van der Waals surface area contributed by atoms with Gasteiger partial charge in [0.15, 0.2) is 5.60 Å².